The lowest BCUT2D eigenvalue weighted by atomic mass is 9.82. The molecule has 0 aromatic heterocycles. The van der Waals surface area contributed by atoms with Crippen molar-refractivity contribution in [3.63, 3.8) is 0 Å². The molecule has 0 bridgehead atoms. The molecule has 0 atom stereocenters. The van der Waals surface area contributed by atoms with E-state index in [-0.39, 0.29) is 29.5 Å². The smallest absolute Gasteiger partial charge is 0.387 e. The van der Waals surface area contributed by atoms with Crippen LogP contribution in [0, 0.1) is 11.7 Å². The zero-order valence-electron chi connectivity index (χ0n) is 10.6. The van der Waals surface area contributed by atoms with Crippen LogP contribution < -0.4 is 9.47 Å². The third-order valence-corrected chi connectivity index (χ3v) is 3.04. The van der Waals surface area contributed by atoms with Gasteiger partial charge in [0.05, 0.1) is 13.0 Å². The molecule has 20 heavy (non-hydrogen) atoms. The molecule has 1 aliphatic carbocycles. The lowest BCUT2D eigenvalue weighted by Gasteiger charge is -2.33. The van der Waals surface area contributed by atoms with Gasteiger partial charge >= 0.3 is 12.6 Å². The summed E-state index contributed by atoms with van der Waals surface area (Å²) >= 11 is 0. The van der Waals surface area contributed by atoms with Crippen LogP contribution in [-0.2, 0) is 9.53 Å². The second kappa shape index (κ2) is 6.02. The lowest BCUT2D eigenvalue weighted by molar-refractivity contribution is -0.151. The van der Waals surface area contributed by atoms with Crippen LogP contribution >= 0.6 is 0 Å². The average Bonchev–Trinajstić information content (AvgIpc) is 2.35. The summed E-state index contributed by atoms with van der Waals surface area (Å²) in [6.45, 7) is -3.02. The molecule has 1 aromatic rings. The van der Waals surface area contributed by atoms with Crippen LogP contribution in [0.25, 0.3) is 0 Å². The number of hydrogen-bond donors (Lipinski definition) is 0. The Morgan fingerprint density at radius 3 is 2.60 bits per heavy atom. The number of halogens is 3. The first-order chi connectivity index (χ1) is 9.49. The number of benzene rings is 1. The van der Waals surface area contributed by atoms with Crippen LogP contribution in [0.3, 0.4) is 0 Å². The maximum absolute atomic E-state index is 13.1. The molecule has 0 aliphatic heterocycles. The van der Waals surface area contributed by atoms with E-state index in [1.54, 1.807) is 0 Å². The topological polar surface area (TPSA) is 44.8 Å². The van der Waals surface area contributed by atoms with Crippen molar-refractivity contribution in [1.29, 1.82) is 0 Å². The minimum absolute atomic E-state index is 0.0985. The molecule has 7 heteroatoms. The van der Waals surface area contributed by atoms with Crippen molar-refractivity contribution in [2.75, 3.05) is 7.11 Å². The van der Waals surface area contributed by atoms with E-state index < -0.39 is 12.4 Å². The molecule has 1 saturated carbocycles. The molecule has 0 N–H and O–H groups in total. The van der Waals surface area contributed by atoms with E-state index in [4.69, 9.17) is 4.74 Å². The standard InChI is InChI=1S/C13H13F3O4/c1-18-12(17)7-4-9(5-7)19-11-6-8(14)2-3-10(11)20-13(15)16/h2-3,6-7,9,13H,4-5H2,1H3. The Kier molecular flexibility index (Phi) is 4.36. The monoisotopic (exact) mass is 290 g/mol. The Morgan fingerprint density at radius 1 is 1.30 bits per heavy atom. The predicted octanol–water partition coefficient (Wildman–Crippen LogP) is 2.76. The molecule has 1 aromatic carbocycles. The van der Waals surface area contributed by atoms with Crippen LogP contribution in [0.2, 0.25) is 0 Å². The number of esters is 1. The molecule has 0 saturated heterocycles. The SMILES string of the molecule is COC(=O)C1CC(Oc2cc(F)ccc2OC(F)F)C1. The van der Waals surface area contributed by atoms with Gasteiger partial charge in [0.2, 0.25) is 0 Å². The van der Waals surface area contributed by atoms with Crippen molar-refractivity contribution >= 4 is 5.97 Å². The van der Waals surface area contributed by atoms with Gasteiger partial charge in [0.25, 0.3) is 0 Å². The summed E-state index contributed by atoms with van der Waals surface area (Å²) in [6, 6.07) is 3.05. The Hall–Kier alpha value is -1.92. The van der Waals surface area contributed by atoms with Gasteiger partial charge in [-0.05, 0) is 25.0 Å². The zero-order valence-corrected chi connectivity index (χ0v) is 10.6. The maximum Gasteiger partial charge on any atom is 0.387 e. The van der Waals surface area contributed by atoms with Gasteiger partial charge in [0, 0.05) is 6.07 Å². The van der Waals surface area contributed by atoms with Crippen molar-refractivity contribution in [2.45, 2.75) is 25.6 Å². The van der Waals surface area contributed by atoms with Gasteiger partial charge in [-0.2, -0.15) is 8.78 Å². The van der Waals surface area contributed by atoms with Crippen LogP contribution in [0.5, 0.6) is 11.5 Å². The van der Waals surface area contributed by atoms with Gasteiger partial charge in [0.15, 0.2) is 11.5 Å². The lowest BCUT2D eigenvalue weighted by Crippen LogP contribution is -2.38. The summed E-state index contributed by atoms with van der Waals surface area (Å²) in [6.07, 6.45) is 0.454. The largest absolute Gasteiger partial charge is 0.486 e. The highest BCUT2D eigenvalue weighted by Crippen LogP contribution is 2.36. The molecule has 110 valence electrons. The van der Waals surface area contributed by atoms with Crippen LogP contribution in [0.15, 0.2) is 18.2 Å². The van der Waals surface area contributed by atoms with Gasteiger partial charge in [-0.15, -0.1) is 0 Å². The summed E-state index contributed by atoms with van der Waals surface area (Å²) < 4.78 is 51.8. The van der Waals surface area contributed by atoms with Crippen molar-refractivity contribution in [3.8, 4) is 11.5 Å². The summed E-state index contributed by atoms with van der Waals surface area (Å²) in [5, 5.41) is 0. The van der Waals surface area contributed by atoms with E-state index in [2.05, 4.69) is 9.47 Å². The molecule has 0 unspecified atom stereocenters. The molecule has 4 nitrogen and oxygen atoms in total. The van der Waals surface area contributed by atoms with Crippen molar-refractivity contribution in [2.24, 2.45) is 5.92 Å². The number of alkyl halides is 2. The first-order valence-corrected chi connectivity index (χ1v) is 5.98. The number of ether oxygens (including phenoxy) is 3. The molecule has 0 amide bonds. The molecule has 0 radical (unpaired) electrons. The van der Waals surface area contributed by atoms with Gasteiger partial charge in [-0.1, -0.05) is 0 Å². The fourth-order valence-corrected chi connectivity index (χ4v) is 1.97. The number of carbonyl (C=O) groups excluding carboxylic acids is 1. The second-order valence-electron chi connectivity index (χ2n) is 4.40. The van der Waals surface area contributed by atoms with E-state index in [0.29, 0.717) is 12.8 Å². The molecule has 1 fully saturated rings. The molecule has 0 spiro atoms. The maximum atomic E-state index is 13.1. The summed E-state index contributed by atoms with van der Waals surface area (Å²) in [5.74, 6) is -1.56. The van der Waals surface area contributed by atoms with E-state index >= 15 is 0 Å². The molecule has 0 heterocycles. The zero-order chi connectivity index (χ0) is 14.7. The first kappa shape index (κ1) is 14.5. The van der Waals surface area contributed by atoms with Crippen LogP contribution in [0.4, 0.5) is 13.2 Å². The minimum Gasteiger partial charge on any atom is -0.486 e. The Bertz CT molecular complexity index is 487. The highest BCUT2D eigenvalue weighted by atomic mass is 19.3. The normalized spacial score (nSPS) is 21.2. The average molecular weight is 290 g/mol. The third kappa shape index (κ3) is 3.34. The number of hydrogen-bond acceptors (Lipinski definition) is 4. The Balaban J connectivity index is 1.99. The fourth-order valence-electron chi connectivity index (χ4n) is 1.97. The van der Waals surface area contributed by atoms with Crippen molar-refractivity contribution in [1.82, 2.24) is 0 Å². The Labute approximate surface area is 113 Å². The van der Waals surface area contributed by atoms with Crippen molar-refractivity contribution in [3.05, 3.63) is 24.0 Å². The number of rotatable bonds is 5. The molecule has 1 aliphatic rings. The van der Waals surface area contributed by atoms with Gasteiger partial charge in [-0.3, -0.25) is 4.79 Å². The van der Waals surface area contributed by atoms with Crippen LogP contribution in [0.1, 0.15) is 12.8 Å². The Morgan fingerprint density at radius 2 is 2.00 bits per heavy atom. The van der Waals surface area contributed by atoms with Gasteiger partial charge in [0.1, 0.15) is 11.9 Å². The predicted molar refractivity (Wildman–Crippen MR) is 62.2 cm³/mol. The van der Waals surface area contributed by atoms with E-state index in [1.807, 2.05) is 0 Å². The highest BCUT2D eigenvalue weighted by Gasteiger charge is 2.37. The van der Waals surface area contributed by atoms with Gasteiger partial charge in [-0.25, -0.2) is 4.39 Å². The van der Waals surface area contributed by atoms with Crippen molar-refractivity contribution < 1.29 is 32.2 Å². The third-order valence-electron chi connectivity index (χ3n) is 3.04. The second-order valence-corrected chi connectivity index (χ2v) is 4.40. The van der Waals surface area contributed by atoms with Gasteiger partial charge < -0.3 is 14.2 Å². The summed E-state index contributed by atoms with van der Waals surface area (Å²) in [5.41, 5.74) is 0. The highest BCUT2D eigenvalue weighted by molar-refractivity contribution is 5.73. The summed E-state index contributed by atoms with van der Waals surface area (Å²) in [7, 11) is 1.29. The quantitative estimate of drug-likeness (QED) is 0.782. The first-order valence-electron chi connectivity index (χ1n) is 5.98. The molecular formula is C13H13F3O4. The van der Waals surface area contributed by atoms with Crippen LogP contribution in [-0.4, -0.2) is 25.8 Å². The molecular weight excluding hydrogens is 277 g/mol. The minimum atomic E-state index is -3.02. The number of methoxy groups -OCH3 is 1. The van der Waals surface area contributed by atoms with E-state index in [0.717, 1.165) is 18.2 Å². The van der Waals surface area contributed by atoms with E-state index in [9.17, 15) is 18.0 Å². The molecule has 2 rings (SSSR count). The summed E-state index contributed by atoms with van der Waals surface area (Å²) in [4.78, 5) is 11.2. The fraction of sp³-hybridized carbons (Fsp3) is 0.462. The van der Waals surface area contributed by atoms with E-state index in [1.165, 1.54) is 7.11 Å². The number of carbonyl (C=O) groups is 1.